The zero-order valence-electron chi connectivity index (χ0n) is 12.8. The van der Waals surface area contributed by atoms with E-state index in [1.54, 1.807) is 6.07 Å². The quantitative estimate of drug-likeness (QED) is 0.900. The average Bonchev–Trinajstić information content (AvgIpc) is 2.94. The van der Waals surface area contributed by atoms with Crippen LogP contribution in [0.25, 0.3) is 0 Å². The first-order chi connectivity index (χ1) is 9.61. The lowest BCUT2D eigenvalue weighted by molar-refractivity contribution is 0.0626. The first-order valence-electron chi connectivity index (χ1n) is 7.72. The van der Waals surface area contributed by atoms with Gasteiger partial charge in [0.1, 0.15) is 5.76 Å². The number of carbonyl (C=O) groups is 1. The van der Waals surface area contributed by atoms with Crippen molar-refractivity contribution >= 4 is 5.91 Å². The Balaban J connectivity index is 2.04. The minimum Gasteiger partial charge on any atom is -0.456 e. The molecule has 4 heteroatoms. The van der Waals surface area contributed by atoms with Crippen molar-refractivity contribution in [3.05, 3.63) is 23.7 Å². The maximum atomic E-state index is 12.6. The van der Waals surface area contributed by atoms with E-state index < -0.39 is 0 Å². The van der Waals surface area contributed by atoms with Crippen LogP contribution in [0.15, 0.2) is 16.5 Å². The number of nitrogens with zero attached hydrogens (tertiary/aromatic N) is 1. The second-order valence-corrected chi connectivity index (χ2v) is 5.88. The lowest BCUT2D eigenvalue weighted by atomic mass is 9.98. The van der Waals surface area contributed by atoms with Crippen LogP contribution in [0.3, 0.4) is 0 Å². The summed E-state index contributed by atoms with van der Waals surface area (Å²) in [5, 5.41) is 3.41. The molecule has 1 unspecified atom stereocenters. The molecule has 0 saturated carbocycles. The Kier molecular flexibility index (Phi) is 5.24. The van der Waals surface area contributed by atoms with Crippen LogP contribution in [-0.2, 0) is 6.42 Å². The summed E-state index contributed by atoms with van der Waals surface area (Å²) in [7, 11) is 0. The van der Waals surface area contributed by atoms with Crippen molar-refractivity contribution in [3.63, 3.8) is 0 Å². The summed E-state index contributed by atoms with van der Waals surface area (Å²) in [5.41, 5.74) is 0. The van der Waals surface area contributed by atoms with Gasteiger partial charge in [0.2, 0.25) is 0 Å². The SMILES string of the molecule is CCc1ccc(C(=O)N(CC2CCCNC2)C(C)C)o1. The van der Waals surface area contributed by atoms with Crippen LogP contribution in [0.1, 0.15) is 49.9 Å². The molecule has 1 aliphatic rings. The maximum Gasteiger partial charge on any atom is 0.289 e. The Bertz CT molecular complexity index is 433. The second-order valence-electron chi connectivity index (χ2n) is 5.88. The molecule has 1 fully saturated rings. The van der Waals surface area contributed by atoms with Gasteiger partial charge >= 0.3 is 0 Å². The summed E-state index contributed by atoms with van der Waals surface area (Å²) < 4.78 is 5.61. The van der Waals surface area contributed by atoms with Crippen LogP contribution < -0.4 is 5.32 Å². The molecular weight excluding hydrogens is 252 g/mol. The van der Waals surface area contributed by atoms with E-state index in [9.17, 15) is 4.79 Å². The molecule has 1 atom stereocenters. The molecule has 1 aliphatic heterocycles. The number of hydrogen-bond donors (Lipinski definition) is 1. The van der Waals surface area contributed by atoms with E-state index in [0.717, 1.165) is 31.8 Å². The molecule has 1 amide bonds. The van der Waals surface area contributed by atoms with Gasteiger partial charge in [0.25, 0.3) is 5.91 Å². The van der Waals surface area contributed by atoms with Crippen molar-refractivity contribution in [2.45, 2.75) is 46.1 Å². The normalized spacial score (nSPS) is 19.3. The van der Waals surface area contributed by atoms with Gasteiger partial charge in [-0.1, -0.05) is 6.92 Å². The van der Waals surface area contributed by atoms with E-state index in [-0.39, 0.29) is 11.9 Å². The van der Waals surface area contributed by atoms with E-state index in [2.05, 4.69) is 19.2 Å². The minimum atomic E-state index is 0.0188. The lowest BCUT2D eigenvalue weighted by Crippen LogP contribution is -2.44. The molecule has 20 heavy (non-hydrogen) atoms. The molecule has 0 spiro atoms. The monoisotopic (exact) mass is 278 g/mol. The number of hydrogen-bond acceptors (Lipinski definition) is 3. The minimum absolute atomic E-state index is 0.0188. The molecule has 1 saturated heterocycles. The lowest BCUT2D eigenvalue weighted by Gasteiger charge is -2.32. The summed E-state index contributed by atoms with van der Waals surface area (Å²) in [4.78, 5) is 14.5. The van der Waals surface area contributed by atoms with Crippen molar-refractivity contribution in [1.29, 1.82) is 0 Å². The van der Waals surface area contributed by atoms with E-state index in [4.69, 9.17) is 4.42 Å². The molecule has 2 heterocycles. The molecule has 1 aromatic rings. The van der Waals surface area contributed by atoms with Crippen molar-refractivity contribution in [2.24, 2.45) is 5.92 Å². The summed E-state index contributed by atoms with van der Waals surface area (Å²) >= 11 is 0. The molecule has 0 radical (unpaired) electrons. The van der Waals surface area contributed by atoms with Crippen LogP contribution in [0, 0.1) is 5.92 Å². The zero-order valence-corrected chi connectivity index (χ0v) is 12.8. The van der Waals surface area contributed by atoms with Crippen molar-refractivity contribution in [2.75, 3.05) is 19.6 Å². The Morgan fingerprint density at radius 2 is 2.30 bits per heavy atom. The number of carbonyl (C=O) groups excluding carboxylic acids is 1. The molecule has 1 N–H and O–H groups in total. The van der Waals surface area contributed by atoms with Gasteiger partial charge in [-0.2, -0.15) is 0 Å². The van der Waals surface area contributed by atoms with Gasteiger partial charge in [0.15, 0.2) is 5.76 Å². The molecule has 1 aromatic heterocycles. The Hall–Kier alpha value is -1.29. The van der Waals surface area contributed by atoms with Crippen LogP contribution in [0.2, 0.25) is 0 Å². The van der Waals surface area contributed by atoms with Crippen LogP contribution >= 0.6 is 0 Å². The van der Waals surface area contributed by atoms with Crippen LogP contribution in [-0.4, -0.2) is 36.5 Å². The fraction of sp³-hybridized carbons (Fsp3) is 0.688. The fourth-order valence-electron chi connectivity index (χ4n) is 2.71. The molecule has 0 bridgehead atoms. The Labute approximate surface area is 121 Å². The van der Waals surface area contributed by atoms with Gasteiger partial charge in [-0.05, 0) is 57.8 Å². The number of furan rings is 1. The number of amides is 1. The van der Waals surface area contributed by atoms with Crippen molar-refractivity contribution < 1.29 is 9.21 Å². The smallest absolute Gasteiger partial charge is 0.289 e. The highest BCUT2D eigenvalue weighted by Crippen LogP contribution is 2.18. The summed E-state index contributed by atoms with van der Waals surface area (Å²) in [6.45, 7) is 9.08. The average molecular weight is 278 g/mol. The summed E-state index contributed by atoms with van der Waals surface area (Å²) in [6.07, 6.45) is 3.22. The number of piperidine rings is 1. The molecule has 0 aliphatic carbocycles. The summed E-state index contributed by atoms with van der Waals surface area (Å²) in [5.74, 6) is 1.91. The van der Waals surface area contributed by atoms with E-state index >= 15 is 0 Å². The fourth-order valence-corrected chi connectivity index (χ4v) is 2.71. The van der Waals surface area contributed by atoms with Gasteiger partial charge in [-0.15, -0.1) is 0 Å². The molecule has 2 rings (SSSR count). The third-order valence-electron chi connectivity index (χ3n) is 3.96. The standard InChI is InChI=1S/C16H26N2O2/c1-4-14-7-8-15(20-14)16(19)18(12(2)3)11-13-6-5-9-17-10-13/h7-8,12-13,17H,4-6,9-11H2,1-3H3. The topological polar surface area (TPSA) is 45.5 Å². The third-order valence-corrected chi connectivity index (χ3v) is 3.96. The Morgan fingerprint density at radius 1 is 1.50 bits per heavy atom. The van der Waals surface area contributed by atoms with Gasteiger partial charge in [-0.3, -0.25) is 4.79 Å². The first-order valence-corrected chi connectivity index (χ1v) is 7.72. The summed E-state index contributed by atoms with van der Waals surface area (Å²) in [6, 6.07) is 3.89. The largest absolute Gasteiger partial charge is 0.456 e. The molecule has 0 aromatic carbocycles. The molecule has 112 valence electrons. The van der Waals surface area contributed by atoms with Gasteiger partial charge < -0.3 is 14.6 Å². The molecular formula is C16H26N2O2. The van der Waals surface area contributed by atoms with Gasteiger partial charge in [0, 0.05) is 19.0 Å². The first kappa shape index (κ1) is 15.1. The number of nitrogens with one attached hydrogen (secondary N) is 1. The van der Waals surface area contributed by atoms with Gasteiger partial charge in [-0.25, -0.2) is 0 Å². The Morgan fingerprint density at radius 3 is 2.85 bits per heavy atom. The predicted octanol–water partition coefficient (Wildman–Crippen LogP) is 2.69. The predicted molar refractivity (Wildman–Crippen MR) is 79.9 cm³/mol. The molecule has 4 nitrogen and oxygen atoms in total. The number of aryl methyl sites for hydroxylation is 1. The third kappa shape index (κ3) is 3.63. The van der Waals surface area contributed by atoms with Crippen molar-refractivity contribution in [1.82, 2.24) is 10.2 Å². The highest BCUT2D eigenvalue weighted by Gasteiger charge is 2.25. The number of rotatable bonds is 5. The van der Waals surface area contributed by atoms with E-state index in [0.29, 0.717) is 11.7 Å². The van der Waals surface area contributed by atoms with E-state index in [1.165, 1.54) is 12.8 Å². The second kappa shape index (κ2) is 6.93. The van der Waals surface area contributed by atoms with Crippen LogP contribution in [0.5, 0.6) is 0 Å². The highest BCUT2D eigenvalue weighted by atomic mass is 16.4. The van der Waals surface area contributed by atoms with Crippen molar-refractivity contribution in [3.8, 4) is 0 Å². The zero-order chi connectivity index (χ0) is 14.5. The maximum absolute atomic E-state index is 12.6. The van der Waals surface area contributed by atoms with Crippen LogP contribution in [0.4, 0.5) is 0 Å². The highest BCUT2D eigenvalue weighted by molar-refractivity contribution is 5.91. The van der Waals surface area contributed by atoms with Gasteiger partial charge in [0.05, 0.1) is 0 Å². The van der Waals surface area contributed by atoms with E-state index in [1.807, 2.05) is 17.9 Å².